The van der Waals surface area contributed by atoms with Gasteiger partial charge in [-0.1, -0.05) is 84.0 Å². The third-order valence-corrected chi connectivity index (χ3v) is 3.48. The van der Waals surface area contributed by atoms with E-state index in [2.05, 4.69) is 6.92 Å². The zero-order chi connectivity index (χ0) is 18.0. The molecule has 0 aliphatic rings. The van der Waals surface area contributed by atoms with E-state index in [9.17, 15) is 9.90 Å². The molecule has 0 radical (unpaired) electrons. The van der Waals surface area contributed by atoms with Crippen molar-refractivity contribution < 1.29 is 75.2 Å². The maximum absolute atomic E-state index is 10.2. The number of unbranched alkanes of at least 4 members (excludes halogenated alkanes) is 12. The van der Waals surface area contributed by atoms with Crippen LogP contribution >= 0.6 is 0 Å². The van der Waals surface area contributed by atoms with Gasteiger partial charge in [0.05, 0.1) is 0 Å². The molecule has 0 saturated heterocycles. The Morgan fingerprint density at radius 2 is 0.960 bits per heavy atom. The van der Waals surface area contributed by atoms with Gasteiger partial charge in [0, 0.05) is 5.97 Å². The van der Waals surface area contributed by atoms with Crippen molar-refractivity contribution >= 4 is 5.97 Å². The van der Waals surface area contributed by atoms with Crippen molar-refractivity contribution in [2.24, 2.45) is 0 Å². The van der Waals surface area contributed by atoms with Gasteiger partial charge in [-0.05, 0) is 12.8 Å². The van der Waals surface area contributed by atoms with Crippen molar-refractivity contribution in [3.8, 4) is 0 Å². The number of carbonyl (C=O) groups excluding carboxylic acids is 1. The summed E-state index contributed by atoms with van der Waals surface area (Å²) in [5.41, 5.74) is 0. The molecule has 0 aromatic rings. The quantitative estimate of drug-likeness (QED) is 0.244. The van der Waals surface area contributed by atoms with Crippen molar-refractivity contribution in [3.05, 3.63) is 0 Å². The van der Waals surface area contributed by atoms with Crippen LogP contribution in [0, 0.1) is 0 Å². The molecule has 0 heterocycles. The minimum atomic E-state index is -5.62. The topological polar surface area (TPSA) is 120 Å². The first-order valence-corrected chi connectivity index (χ1v) is 10.5. The molecule has 0 unspecified atom stereocenters. The van der Waals surface area contributed by atoms with Gasteiger partial charge in [-0.25, -0.2) is 0 Å². The van der Waals surface area contributed by atoms with Gasteiger partial charge >= 0.3 is 65.3 Å². The first-order chi connectivity index (χ1) is 10.8. The maximum atomic E-state index is 10.2. The van der Waals surface area contributed by atoms with Gasteiger partial charge in [0.25, 0.3) is 0 Å². The van der Waals surface area contributed by atoms with Gasteiger partial charge < -0.3 is 9.90 Å². The van der Waals surface area contributed by atoms with Crippen molar-refractivity contribution in [2.75, 3.05) is 0 Å². The van der Waals surface area contributed by atoms with Crippen LogP contribution in [0.3, 0.4) is 0 Å². The number of rotatable bonds is 14. The van der Waals surface area contributed by atoms with Crippen LogP contribution in [-0.2, 0) is 42.9 Å². The van der Waals surface area contributed by atoms with Crippen molar-refractivity contribution in [2.45, 2.75) is 96.8 Å². The summed E-state index contributed by atoms with van der Waals surface area (Å²) in [5.74, 6) is -0.905. The van der Waals surface area contributed by atoms with Crippen LogP contribution in [0.5, 0.6) is 0 Å². The number of carboxylic acids is 1. The Morgan fingerprint density at radius 3 is 1.20 bits per heavy atom. The van der Waals surface area contributed by atoms with E-state index in [1.54, 1.807) is 0 Å². The Morgan fingerprint density at radius 1 is 0.720 bits per heavy atom. The summed E-state index contributed by atoms with van der Waals surface area (Å²) in [4.78, 5) is 10.2. The molecular formula is C16H31FeLiMnO6. The Balaban J connectivity index is -0.000000276. The van der Waals surface area contributed by atoms with Crippen LogP contribution in [0.25, 0.3) is 0 Å². The summed E-state index contributed by atoms with van der Waals surface area (Å²) in [6, 6.07) is 0. The molecule has 0 spiro atoms. The van der Waals surface area contributed by atoms with Crippen LogP contribution in [0.1, 0.15) is 96.8 Å². The Kier molecular flexibility index (Phi) is 32.7. The molecule has 0 rings (SSSR count). The monoisotopic (exact) mass is 437 g/mol. The first kappa shape index (κ1) is 33.2. The molecule has 9 heteroatoms. The Hall–Kier alpha value is 0.626. The summed E-state index contributed by atoms with van der Waals surface area (Å²) in [7, 11) is 0. The third kappa shape index (κ3) is 51.6. The summed E-state index contributed by atoms with van der Waals surface area (Å²) >= 11 is -5.62. The first-order valence-electron chi connectivity index (χ1n) is 8.59. The summed E-state index contributed by atoms with van der Waals surface area (Å²) in [6.07, 6.45) is 16.9. The number of carboxylic acid groups (broad SMARTS) is 1. The van der Waals surface area contributed by atoms with Crippen LogP contribution < -0.4 is 32.3 Å². The SMILES string of the molecule is CCCCCCCCCCCCCCCC(=O)[O-].[Fe+2].[Li+].[O]=[Mn](=[O])([O-])[O-]. The number of hydrogen-bond acceptors (Lipinski definition) is 6. The van der Waals surface area contributed by atoms with E-state index in [4.69, 9.17) is 16.0 Å². The molecular weight excluding hydrogens is 406 g/mol. The van der Waals surface area contributed by atoms with Crippen molar-refractivity contribution in [1.82, 2.24) is 0 Å². The molecule has 0 aromatic carbocycles. The Bertz CT molecular complexity index is 358. The fourth-order valence-corrected chi connectivity index (χ4v) is 2.29. The van der Waals surface area contributed by atoms with Gasteiger partial charge in [-0.2, -0.15) is 0 Å². The summed E-state index contributed by atoms with van der Waals surface area (Å²) in [5, 5.41) is 10.2. The molecule has 0 aliphatic carbocycles. The second kappa shape index (κ2) is 24.6. The van der Waals surface area contributed by atoms with Gasteiger partial charge in [-0.15, -0.1) is 0 Å². The second-order valence-electron chi connectivity index (χ2n) is 5.74. The second-order valence-corrected chi connectivity index (χ2v) is 6.92. The van der Waals surface area contributed by atoms with Crippen LogP contribution in [0.4, 0.5) is 0 Å². The Labute approximate surface area is 177 Å². The molecule has 0 atom stereocenters. The fraction of sp³-hybridized carbons (Fsp3) is 0.938. The molecule has 0 saturated carbocycles. The van der Waals surface area contributed by atoms with E-state index in [0.29, 0.717) is 0 Å². The summed E-state index contributed by atoms with van der Waals surface area (Å²) < 4.78 is 34.3. The molecule has 0 N–H and O–H groups in total. The van der Waals surface area contributed by atoms with Gasteiger partial charge in [0.2, 0.25) is 0 Å². The number of hydrogen-bond donors (Lipinski definition) is 0. The van der Waals surface area contributed by atoms with E-state index in [0.717, 1.165) is 12.8 Å². The van der Waals surface area contributed by atoms with E-state index in [1.807, 2.05) is 0 Å². The minimum absolute atomic E-state index is 0. The van der Waals surface area contributed by atoms with Crippen LogP contribution in [0.2, 0.25) is 0 Å². The van der Waals surface area contributed by atoms with Crippen LogP contribution in [0.15, 0.2) is 0 Å². The van der Waals surface area contributed by atoms with E-state index < -0.39 is 19.3 Å². The van der Waals surface area contributed by atoms with Crippen molar-refractivity contribution in [3.63, 3.8) is 0 Å². The standard InChI is InChI=1S/C16H32O2.Fe.Li.Mn.4O/c1-2-3-4-5-6-7-8-9-10-11-12-13-14-15-16(17)18;;;;;;;/h2-15H2,1H3,(H,17,18);;;;;;;/q;+2;+1;;;;2*-1/p-1. The summed E-state index contributed by atoms with van der Waals surface area (Å²) in [6.45, 7) is 2.26. The normalized spacial score (nSPS) is 10.0. The third-order valence-electron chi connectivity index (χ3n) is 3.48. The molecule has 6 nitrogen and oxygen atoms in total. The average Bonchev–Trinajstić information content (AvgIpc) is 2.42. The average molecular weight is 437 g/mol. The van der Waals surface area contributed by atoms with E-state index in [-0.39, 0.29) is 42.4 Å². The predicted molar refractivity (Wildman–Crippen MR) is 76.7 cm³/mol. The molecule has 0 bridgehead atoms. The molecule has 0 aliphatic heterocycles. The molecule has 25 heavy (non-hydrogen) atoms. The van der Waals surface area contributed by atoms with Gasteiger partial charge in [0.15, 0.2) is 0 Å². The van der Waals surface area contributed by atoms with Gasteiger partial charge in [-0.3, -0.25) is 0 Å². The van der Waals surface area contributed by atoms with Crippen LogP contribution in [-0.4, -0.2) is 5.97 Å². The fourth-order valence-electron chi connectivity index (χ4n) is 2.29. The number of aliphatic carboxylic acids is 1. The molecule has 0 fully saturated rings. The number of carbonyl (C=O) groups is 1. The molecule has 147 valence electrons. The van der Waals surface area contributed by atoms with Gasteiger partial charge in [0.1, 0.15) is 0 Å². The predicted octanol–water partition coefficient (Wildman–Crippen LogP) is -1.40. The molecule has 0 amide bonds. The zero-order valence-corrected chi connectivity index (χ0v) is 17.9. The zero-order valence-electron chi connectivity index (χ0n) is 15.6. The molecule has 0 aromatic heterocycles. The van der Waals surface area contributed by atoms with E-state index in [1.165, 1.54) is 70.6 Å². The van der Waals surface area contributed by atoms with E-state index >= 15 is 0 Å². The van der Waals surface area contributed by atoms with Crippen molar-refractivity contribution in [1.29, 1.82) is 0 Å².